The van der Waals surface area contributed by atoms with E-state index < -0.39 is 29.9 Å². The molecule has 1 aromatic carbocycles. The molecule has 1 aliphatic heterocycles. The third-order valence-corrected chi connectivity index (χ3v) is 7.35. The summed E-state index contributed by atoms with van der Waals surface area (Å²) in [7, 11) is 0. The number of benzene rings is 1. The standard InChI is InChI=1S/C26H38N4O6S/c1-26(2,3)36-25(35)29-20(12-6-7-14-27-24(33)34)23(32)30-16-37-15-21(30)22(31)28-19-13-8-10-17-9-4-5-11-18(17)19/h4-5,9,11,19-21,27H,6-8,10,12-16H2,1-3H3,(H,28,31)(H,29,35)(H,33,34). The molecule has 0 spiro atoms. The van der Waals surface area contributed by atoms with Crippen molar-refractivity contribution in [1.82, 2.24) is 20.9 Å². The summed E-state index contributed by atoms with van der Waals surface area (Å²) in [6.07, 6.45) is 2.32. The zero-order valence-electron chi connectivity index (χ0n) is 21.7. The van der Waals surface area contributed by atoms with Gasteiger partial charge in [0.2, 0.25) is 11.8 Å². The number of carbonyl (C=O) groups excluding carboxylic acids is 3. The summed E-state index contributed by atoms with van der Waals surface area (Å²) in [6.45, 7) is 5.46. The predicted octanol–water partition coefficient (Wildman–Crippen LogP) is 3.41. The monoisotopic (exact) mass is 534 g/mol. The maximum Gasteiger partial charge on any atom is 0.408 e. The summed E-state index contributed by atoms with van der Waals surface area (Å²) in [5, 5.41) is 16.9. The predicted molar refractivity (Wildman–Crippen MR) is 141 cm³/mol. The molecule has 204 valence electrons. The number of ether oxygens (including phenoxy) is 1. The van der Waals surface area contributed by atoms with Gasteiger partial charge in [-0.2, -0.15) is 0 Å². The zero-order valence-corrected chi connectivity index (χ0v) is 22.6. The molecule has 3 rings (SSSR count). The van der Waals surface area contributed by atoms with Crippen molar-refractivity contribution in [3.8, 4) is 0 Å². The number of rotatable bonds is 9. The number of carboxylic acid groups (broad SMARTS) is 1. The van der Waals surface area contributed by atoms with Crippen molar-refractivity contribution < 1.29 is 29.0 Å². The normalized spacial score (nSPS) is 19.9. The summed E-state index contributed by atoms with van der Waals surface area (Å²) in [5.41, 5.74) is 1.64. The van der Waals surface area contributed by atoms with E-state index in [1.54, 1.807) is 20.8 Å². The highest BCUT2D eigenvalue weighted by Gasteiger charge is 2.39. The van der Waals surface area contributed by atoms with Crippen LogP contribution in [0, 0.1) is 0 Å². The van der Waals surface area contributed by atoms with Gasteiger partial charge in [0.05, 0.1) is 11.9 Å². The summed E-state index contributed by atoms with van der Waals surface area (Å²) < 4.78 is 5.35. The van der Waals surface area contributed by atoms with Crippen molar-refractivity contribution in [3.05, 3.63) is 35.4 Å². The number of alkyl carbamates (subject to hydrolysis) is 1. The van der Waals surface area contributed by atoms with Crippen LogP contribution in [0.2, 0.25) is 0 Å². The van der Waals surface area contributed by atoms with E-state index >= 15 is 0 Å². The smallest absolute Gasteiger partial charge is 0.408 e. The van der Waals surface area contributed by atoms with Crippen molar-refractivity contribution in [3.63, 3.8) is 0 Å². The van der Waals surface area contributed by atoms with Crippen LogP contribution in [0.4, 0.5) is 9.59 Å². The van der Waals surface area contributed by atoms with E-state index in [0.717, 1.165) is 24.8 Å². The van der Waals surface area contributed by atoms with Crippen LogP contribution in [0.5, 0.6) is 0 Å². The molecule has 2 aliphatic rings. The number of fused-ring (bicyclic) bond motifs is 1. The molecule has 11 heteroatoms. The van der Waals surface area contributed by atoms with Gasteiger partial charge in [-0.25, -0.2) is 9.59 Å². The van der Waals surface area contributed by atoms with E-state index in [4.69, 9.17) is 9.84 Å². The Hall–Kier alpha value is -2.95. The van der Waals surface area contributed by atoms with Crippen LogP contribution in [-0.4, -0.2) is 69.9 Å². The molecule has 37 heavy (non-hydrogen) atoms. The number of nitrogens with one attached hydrogen (secondary N) is 3. The zero-order chi connectivity index (χ0) is 27.0. The molecule has 1 fully saturated rings. The molecule has 3 atom stereocenters. The number of nitrogens with zero attached hydrogens (tertiary/aromatic N) is 1. The quantitative estimate of drug-likeness (QED) is 0.356. The minimum atomic E-state index is -1.11. The average molecular weight is 535 g/mol. The van der Waals surface area contributed by atoms with Crippen molar-refractivity contribution in [2.45, 2.75) is 83.0 Å². The van der Waals surface area contributed by atoms with Crippen LogP contribution < -0.4 is 16.0 Å². The van der Waals surface area contributed by atoms with Crippen molar-refractivity contribution in [2.24, 2.45) is 0 Å². The topological polar surface area (TPSA) is 137 Å². The third kappa shape index (κ3) is 8.55. The van der Waals surface area contributed by atoms with Gasteiger partial charge in [-0.05, 0) is 70.4 Å². The van der Waals surface area contributed by atoms with E-state index in [1.807, 2.05) is 18.2 Å². The lowest BCUT2D eigenvalue weighted by molar-refractivity contribution is -0.140. The molecule has 4 amide bonds. The average Bonchev–Trinajstić information content (AvgIpc) is 3.32. The first kappa shape index (κ1) is 28.6. The van der Waals surface area contributed by atoms with Crippen LogP contribution in [0.3, 0.4) is 0 Å². The third-order valence-electron chi connectivity index (χ3n) is 6.34. The number of carbonyl (C=O) groups is 4. The highest BCUT2D eigenvalue weighted by atomic mass is 32.2. The summed E-state index contributed by atoms with van der Waals surface area (Å²) in [6, 6.07) is 6.51. The van der Waals surface area contributed by atoms with Gasteiger partial charge in [0, 0.05) is 12.3 Å². The Labute approximate surface area is 222 Å². The molecule has 4 N–H and O–H groups in total. The highest BCUT2D eigenvalue weighted by Crippen LogP contribution is 2.30. The minimum absolute atomic E-state index is 0.0857. The summed E-state index contributed by atoms with van der Waals surface area (Å²) in [5.74, 6) is 0.298. The number of unbranched alkanes of at least 4 members (excludes halogenated alkanes) is 1. The second kappa shape index (κ2) is 13.0. The molecule has 10 nitrogen and oxygen atoms in total. The van der Waals surface area contributed by atoms with Gasteiger partial charge in [0.15, 0.2) is 0 Å². The van der Waals surface area contributed by atoms with Crippen molar-refractivity contribution in [2.75, 3.05) is 18.2 Å². The number of hydrogen-bond acceptors (Lipinski definition) is 6. The molecule has 0 saturated carbocycles. The van der Waals surface area contributed by atoms with Crippen LogP contribution in [0.25, 0.3) is 0 Å². The fourth-order valence-corrected chi connectivity index (χ4v) is 5.79. The molecular weight excluding hydrogens is 496 g/mol. The first-order valence-electron chi connectivity index (χ1n) is 12.8. The molecule has 0 bridgehead atoms. The second-order valence-corrected chi connectivity index (χ2v) is 11.4. The van der Waals surface area contributed by atoms with Gasteiger partial charge in [-0.3, -0.25) is 9.59 Å². The fourth-order valence-electron chi connectivity index (χ4n) is 4.62. The van der Waals surface area contributed by atoms with Gasteiger partial charge < -0.3 is 30.7 Å². The van der Waals surface area contributed by atoms with E-state index in [2.05, 4.69) is 22.0 Å². The Balaban J connectivity index is 1.66. The summed E-state index contributed by atoms with van der Waals surface area (Å²) in [4.78, 5) is 51.6. The lowest BCUT2D eigenvalue weighted by atomic mass is 9.87. The summed E-state index contributed by atoms with van der Waals surface area (Å²) >= 11 is 1.50. The Kier molecular flexibility index (Phi) is 10.1. The van der Waals surface area contributed by atoms with E-state index in [9.17, 15) is 19.2 Å². The van der Waals surface area contributed by atoms with Crippen LogP contribution in [-0.2, 0) is 20.7 Å². The maximum absolute atomic E-state index is 13.6. The first-order valence-corrected chi connectivity index (χ1v) is 13.9. The largest absolute Gasteiger partial charge is 0.465 e. The van der Waals surface area contributed by atoms with Crippen molar-refractivity contribution in [1.29, 1.82) is 0 Å². The minimum Gasteiger partial charge on any atom is -0.465 e. The molecule has 1 saturated heterocycles. The van der Waals surface area contributed by atoms with Crippen LogP contribution >= 0.6 is 11.8 Å². The van der Waals surface area contributed by atoms with E-state index in [0.29, 0.717) is 30.9 Å². The number of hydrogen-bond donors (Lipinski definition) is 4. The Morgan fingerprint density at radius 1 is 1.19 bits per heavy atom. The Bertz CT molecular complexity index is 982. The lowest BCUT2D eigenvalue weighted by Crippen LogP contribution is -2.55. The van der Waals surface area contributed by atoms with Gasteiger partial charge in [0.1, 0.15) is 17.7 Å². The SMILES string of the molecule is CC(C)(C)OC(=O)NC(CCCCNC(=O)O)C(=O)N1CSCC1C(=O)NC1CCCc2ccccc21. The highest BCUT2D eigenvalue weighted by molar-refractivity contribution is 7.99. The maximum atomic E-state index is 13.6. The lowest BCUT2D eigenvalue weighted by Gasteiger charge is -2.31. The molecule has 1 heterocycles. The van der Waals surface area contributed by atoms with E-state index in [-0.39, 0.29) is 24.4 Å². The number of thioether (sulfide) groups is 1. The van der Waals surface area contributed by atoms with Crippen LogP contribution in [0.15, 0.2) is 24.3 Å². The molecular formula is C26H38N4O6S. The number of aryl methyl sites for hydroxylation is 1. The van der Waals surface area contributed by atoms with Crippen molar-refractivity contribution >= 4 is 35.8 Å². The van der Waals surface area contributed by atoms with Gasteiger partial charge in [-0.15, -0.1) is 11.8 Å². The molecule has 3 unspecified atom stereocenters. The Morgan fingerprint density at radius 2 is 1.95 bits per heavy atom. The second-order valence-electron chi connectivity index (χ2n) is 10.4. The van der Waals surface area contributed by atoms with Gasteiger partial charge >= 0.3 is 12.2 Å². The number of amides is 4. The van der Waals surface area contributed by atoms with E-state index in [1.165, 1.54) is 22.2 Å². The van der Waals surface area contributed by atoms with Gasteiger partial charge in [0.25, 0.3) is 0 Å². The molecule has 0 aromatic heterocycles. The molecule has 1 aliphatic carbocycles. The van der Waals surface area contributed by atoms with Gasteiger partial charge in [-0.1, -0.05) is 24.3 Å². The molecule has 1 aromatic rings. The fraction of sp³-hybridized carbons (Fsp3) is 0.615. The first-order chi connectivity index (χ1) is 17.5. The van der Waals surface area contributed by atoms with Crippen LogP contribution in [0.1, 0.15) is 70.0 Å². The Morgan fingerprint density at radius 3 is 2.68 bits per heavy atom. The molecule has 0 radical (unpaired) electrons.